The lowest BCUT2D eigenvalue weighted by Gasteiger charge is -2.33. The summed E-state index contributed by atoms with van der Waals surface area (Å²) in [5.41, 5.74) is 0.251. The Bertz CT molecular complexity index is 561. The minimum atomic E-state index is -0.813. The van der Waals surface area contributed by atoms with Gasteiger partial charge in [-0.3, -0.25) is 14.5 Å². The summed E-state index contributed by atoms with van der Waals surface area (Å²) in [6, 6.07) is 9.19. The molecular weight excluding hydrogens is 278 g/mol. The van der Waals surface area contributed by atoms with Gasteiger partial charge in [0.15, 0.2) is 0 Å². The highest BCUT2D eigenvalue weighted by Crippen LogP contribution is 2.47. The van der Waals surface area contributed by atoms with Crippen LogP contribution in [0.4, 0.5) is 0 Å². The Morgan fingerprint density at radius 3 is 2.50 bits per heavy atom. The molecule has 1 aliphatic carbocycles. The Hall–Kier alpha value is -1.68. The van der Waals surface area contributed by atoms with Crippen molar-refractivity contribution in [1.82, 2.24) is 4.90 Å². The monoisotopic (exact) mass is 301 g/mol. The highest BCUT2D eigenvalue weighted by atomic mass is 16.3. The van der Waals surface area contributed by atoms with E-state index >= 15 is 0 Å². The zero-order valence-electron chi connectivity index (χ0n) is 13.0. The first-order valence-corrected chi connectivity index (χ1v) is 8.10. The van der Waals surface area contributed by atoms with Gasteiger partial charge in [0.05, 0.1) is 18.1 Å². The van der Waals surface area contributed by atoms with E-state index in [1.54, 1.807) is 0 Å². The number of imide groups is 1. The Morgan fingerprint density at radius 2 is 1.86 bits per heavy atom. The predicted octanol–water partition coefficient (Wildman–Crippen LogP) is 2.68. The third-order valence-corrected chi connectivity index (χ3v) is 5.26. The molecule has 1 aromatic carbocycles. The van der Waals surface area contributed by atoms with E-state index in [1.807, 2.05) is 30.3 Å². The number of rotatable bonds is 3. The molecule has 1 saturated heterocycles. The van der Waals surface area contributed by atoms with Gasteiger partial charge in [-0.1, -0.05) is 37.3 Å². The molecule has 1 aliphatic heterocycles. The lowest BCUT2D eigenvalue weighted by atomic mass is 9.70. The number of β-amino-alcohol motifs (C(OH)–C–C–N with tert-alkyl or cyclic N) is 1. The molecule has 4 nitrogen and oxygen atoms in total. The second-order valence-corrected chi connectivity index (χ2v) is 6.88. The van der Waals surface area contributed by atoms with Crippen LogP contribution in [0.2, 0.25) is 0 Å². The van der Waals surface area contributed by atoms with Crippen molar-refractivity contribution in [1.29, 1.82) is 0 Å². The van der Waals surface area contributed by atoms with Crippen LogP contribution in [-0.4, -0.2) is 28.4 Å². The summed E-state index contributed by atoms with van der Waals surface area (Å²) in [6.07, 6.45) is 3.13. The smallest absolute Gasteiger partial charge is 0.236 e. The fraction of sp³-hybridized carbons (Fsp3) is 0.556. The average molecular weight is 301 g/mol. The largest absolute Gasteiger partial charge is 0.387 e. The third-order valence-electron chi connectivity index (χ3n) is 5.26. The summed E-state index contributed by atoms with van der Waals surface area (Å²) in [5.74, 6) is 0.436. The molecule has 1 unspecified atom stereocenters. The van der Waals surface area contributed by atoms with Crippen LogP contribution in [0.25, 0.3) is 0 Å². The number of aliphatic hydroxyl groups is 1. The van der Waals surface area contributed by atoms with Crippen LogP contribution < -0.4 is 0 Å². The summed E-state index contributed by atoms with van der Waals surface area (Å²) in [4.78, 5) is 26.3. The van der Waals surface area contributed by atoms with E-state index in [4.69, 9.17) is 0 Å². The van der Waals surface area contributed by atoms with E-state index < -0.39 is 11.5 Å². The summed E-state index contributed by atoms with van der Waals surface area (Å²) in [5, 5.41) is 10.3. The van der Waals surface area contributed by atoms with E-state index in [0.717, 1.165) is 31.2 Å². The van der Waals surface area contributed by atoms with E-state index in [-0.39, 0.29) is 18.4 Å². The van der Waals surface area contributed by atoms with Gasteiger partial charge in [-0.2, -0.15) is 0 Å². The molecule has 2 fully saturated rings. The topological polar surface area (TPSA) is 57.6 Å². The predicted molar refractivity (Wildman–Crippen MR) is 82.8 cm³/mol. The molecule has 0 bridgehead atoms. The van der Waals surface area contributed by atoms with Crippen LogP contribution >= 0.6 is 0 Å². The second kappa shape index (κ2) is 5.84. The van der Waals surface area contributed by atoms with E-state index in [2.05, 4.69) is 6.92 Å². The maximum atomic E-state index is 12.8. The minimum Gasteiger partial charge on any atom is -0.387 e. The van der Waals surface area contributed by atoms with Crippen LogP contribution in [0.3, 0.4) is 0 Å². The summed E-state index contributed by atoms with van der Waals surface area (Å²) in [7, 11) is 0. The molecule has 1 aromatic rings. The van der Waals surface area contributed by atoms with Crippen LogP contribution in [0.15, 0.2) is 30.3 Å². The zero-order chi connectivity index (χ0) is 15.7. The van der Waals surface area contributed by atoms with Crippen molar-refractivity contribution < 1.29 is 14.7 Å². The number of carbonyl (C=O) groups excluding carboxylic acids is 2. The molecule has 1 spiro atoms. The summed E-state index contributed by atoms with van der Waals surface area (Å²) >= 11 is 0. The van der Waals surface area contributed by atoms with E-state index in [1.165, 1.54) is 4.90 Å². The number of hydrogen-bond acceptors (Lipinski definition) is 3. The molecule has 2 aliphatic rings. The SMILES string of the molecule is CC1CCC2(CC1)CC(=O)N(CC(O)c1ccccc1)C2=O. The fourth-order valence-electron chi connectivity index (χ4n) is 3.70. The quantitative estimate of drug-likeness (QED) is 0.873. The van der Waals surface area contributed by atoms with Crippen LogP contribution in [0, 0.1) is 11.3 Å². The number of carbonyl (C=O) groups is 2. The first-order valence-electron chi connectivity index (χ1n) is 8.10. The molecule has 0 radical (unpaired) electrons. The summed E-state index contributed by atoms with van der Waals surface area (Å²) < 4.78 is 0. The van der Waals surface area contributed by atoms with Gasteiger partial charge in [0.2, 0.25) is 11.8 Å². The van der Waals surface area contributed by atoms with Crippen molar-refractivity contribution >= 4 is 11.8 Å². The van der Waals surface area contributed by atoms with Gasteiger partial charge in [-0.15, -0.1) is 0 Å². The van der Waals surface area contributed by atoms with Crippen molar-refractivity contribution in [3.05, 3.63) is 35.9 Å². The fourth-order valence-corrected chi connectivity index (χ4v) is 3.70. The van der Waals surface area contributed by atoms with E-state index in [9.17, 15) is 14.7 Å². The number of aliphatic hydroxyl groups excluding tert-OH is 1. The van der Waals surface area contributed by atoms with Crippen LogP contribution in [0.5, 0.6) is 0 Å². The van der Waals surface area contributed by atoms with Gasteiger partial charge >= 0.3 is 0 Å². The molecule has 1 saturated carbocycles. The highest BCUT2D eigenvalue weighted by Gasteiger charge is 2.52. The normalized spacial score (nSPS) is 30.1. The number of hydrogen-bond donors (Lipinski definition) is 1. The average Bonchev–Trinajstić information content (AvgIpc) is 2.76. The van der Waals surface area contributed by atoms with Gasteiger partial charge in [0.1, 0.15) is 0 Å². The number of amides is 2. The minimum absolute atomic E-state index is 0.0684. The molecular formula is C18H23NO3. The molecule has 22 heavy (non-hydrogen) atoms. The first-order chi connectivity index (χ1) is 10.5. The number of nitrogens with zero attached hydrogens (tertiary/aromatic N) is 1. The Morgan fingerprint density at radius 1 is 1.23 bits per heavy atom. The molecule has 4 heteroatoms. The highest BCUT2D eigenvalue weighted by molar-refractivity contribution is 6.06. The lowest BCUT2D eigenvalue weighted by molar-refractivity contribution is -0.144. The van der Waals surface area contributed by atoms with Crippen LogP contribution in [0.1, 0.15) is 50.7 Å². The molecule has 1 atom stereocenters. The van der Waals surface area contributed by atoms with Gasteiger partial charge in [0.25, 0.3) is 0 Å². The van der Waals surface area contributed by atoms with E-state index in [0.29, 0.717) is 12.3 Å². The third kappa shape index (κ3) is 2.68. The van der Waals surface area contributed by atoms with Crippen molar-refractivity contribution in [3.8, 4) is 0 Å². The molecule has 118 valence electrons. The summed E-state index contributed by atoms with van der Waals surface area (Å²) in [6.45, 7) is 2.27. The molecule has 1 heterocycles. The van der Waals surface area contributed by atoms with Gasteiger partial charge < -0.3 is 5.11 Å². The molecule has 3 rings (SSSR count). The number of likely N-dealkylation sites (tertiary alicyclic amines) is 1. The van der Waals surface area contributed by atoms with Gasteiger partial charge in [-0.25, -0.2) is 0 Å². The Kier molecular flexibility index (Phi) is 4.04. The van der Waals surface area contributed by atoms with Crippen molar-refractivity contribution in [3.63, 3.8) is 0 Å². The molecule has 0 aromatic heterocycles. The van der Waals surface area contributed by atoms with Gasteiger partial charge in [0, 0.05) is 6.42 Å². The number of benzene rings is 1. The van der Waals surface area contributed by atoms with Crippen molar-refractivity contribution in [2.75, 3.05) is 6.54 Å². The zero-order valence-corrected chi connectivity index (χ0v) is 13.0. The molecule has 1 N–H and O–H groups in total. The Labute approximate surface area is 131 Å². The maximum absolute atomic E-state index is 12.8. The van der Waals surface area contributed by atoms with Crippen molar-refractivity contribution in [2.24, 2.45) is 11.3 Å². The van der Waals surface area contributed by atoms with Gasteiger partial charge in [-0.05, 0) is 37.2 Å². The lowest BCUT2D eigenvalue weighted by Crippen LogP contribution is -2.39. The second-order valence-electron chi connectivity index (χ2n) is 6.88. The maximum Gasteiger partial charge on any atom is 0.236 e. The Balaban J connectivity index is 1.72. The molecule has 2 amide bonds. The first kappa shape index (κ1) is 15.2. The standard InChI is InChI=1S/C18H23NO3/c1-13-7-9-18(10-8-13)11-16(21)19(17(18)22)12-15(20)14-5-3-2-4-6-14/h2-6,13,15,20H,7-12H2,1H3. The van der Waals surface area contributed by atoms with Crippen molar-refractivity contribution in [2.45, 2.75) is 45.1 Å². The van der Waals surface area contributed by atoms with Crippen LogP contribution in [-0.2, 0) is 9.59 Å².